The molecule has 4 aromatic rings. The van der Waals surface area contributed by atoms with Gasteiger partial charge in [0.05, 0.1) is 0 Å². The lowest BCUT2D eigenvalue weighted by atomic mass is 9.93. The van der Waals surface area contributed by atoms with Crippen LogP contribution in [0.1, 0.15) is 0 Å². The first-order valence-electron chi connectivity index (χ1n) is 11.5. The predicted octanol–water partition coefficient (Wildman–Crippen LogP) is 5.88. The van der Waals surface area contributed by atoms with Crippen LogP contribution in [-0.2, 0) is 19.1 Å². The van der Waals surface area contributed by atoms with Gasteiger partial charge in [-0.1, -0.05) is 61.7 Å². The standard InChI is InChI=1S/C30H26O6/c1-3-29(31)35-15-13-33-23-17-21-9-5-7-11-25(21)27(19-23)28-20-24(34-14-16-36-30(32)4-2)18-22-10-6-8-12-26(22)28/h3-12,17-20H,1-2,13-16H2. The lowest BCUT2D eigenvalue weighted by Gasteiger charge is -2.16. The molecule has 0 heterocycles. The van der Waals surface area contributed by atoms with Crippen LogP contribution in [0.15, 0.2) is 98.1 Å². The van der Waals surface area contributed by atoms with E-state index in [9.17, 15) is 9.59 Å². The molecule has 0 aliphatic carbocycles. The van der Waals surface area contributed by atoms with Crippen molar-refractivity contribution in [2.45, 2.75) is 0 Å². The second-order valence-corrected chi connectivity index (χ2v) is 7.82. The van der Waals surface area contributed by atoms with E-state index in [-0.39, 0.29) is 26.4 Å². The lowest BCUT2D eigenvalue weighted by molar-refractivity contribution is -0.139. The van der Waals surface area contributed by atoms with Gasteiger partial charge in [0, 0.05) is 12.2 Å². The fourth-order valence-corrected chi connectivity index (χ4v) is 3.90. The van der Waals surface area contributed by atoms with Crippen molar-refractivity contribution < 1.29 is 28.5 Å². The van der Waals surface area contributed by atoms with Crippen LogP contribution in [0.2, 0.25) is 0 Å². The van der Waals surface area contributed by atoms with Crippen molar-refractivity contribution in [3.8, 4) is 22.6 Å². The molecule has 0 bridgehead atoms. The number of ether oxygens (including phenoxy) is 4. The van der Waals surface area contributed by atoms with Gasteiger partial charge in [0.1, 0.15) is 37.9 Å². The van der Waals surface area contributed by atoms with Crippen LogP contribution in [0.25, 0.3) is 32.7 Å². The van der Waals surface area contributed by atoms with Crippen LogP contribution in [-0.4, -0.2) is 38.4 Å². The highest BCUT2D eigenvalue weighted by atomic mass is 16.6. The van der Waals surface area contributed by atoms with Crippen LogP contribution in [0.4, 0.5) is 0 Å². The molecule has 0 aliphatic heterocycles. The normalized spacial score (nSPS) is 10.6. The summed E-state index contributed by atoms with van der Waals surface area (Å²) in [6.45, 7) is 7.45. The van der Waals surface area contributed by atoms with Gasteiger partial charge < -0.3 is 18.9 Å². The quantitative estimate of drug-likeness (QED) is 0.151. The minimum Gasteiger partial charge on any atom is -0.490 e. The molecule has 6 heteroatoms. The Morgan fingerprint density at radius 3 is 1.44 bits per heavy atom. The summed E-state index contributed by atoms with van der Waals surface area (Å²) >= 11 is 0. The molecule has 0 spiro atoms. The second kappa shape index (κ2) is 11.7. The van der Waals surface area contributed by atoms with Gasteiger partial charge in [-0.25, -0.2) is 9.59 Å². The molecule has 0 N–H and O–H groups in total. The molecular weight excluding hydrogens is 456 g/mol. The van der Waals surface area contributed by atoms with E-state index in [0.717, 1.165) is 44.8 Å². The number of benzene rings is 4. The van der Waals surface area contributed by atoms with Crippen LogP contribution < -0.4 is 9.47 Å². The molecule has 4 rings (SSSR count). The van der Waals surface area contributed by atoms with Gasteiger partial charge in [-0.15, -0.1) is 0 Å². The maximum Gasteiger partial charge on any atom is 0.330 e. The Kier molecular flexibility index (Phi) is 7.98. The monoisotopic (exact) mass is 482 g/mol. The van der Waals surface area contributed by atoms with Crippen molar-refractivity contribution in [2.24, 2.45) is 0 Å². The Bertz CT molecular complexity index is 1310. The highest BCUT2D eigenvalue weighted by Crippen LogP contribution is 2.39. The van der Waals surface area contributed by atoms with E-state index in [0.29, 0.717) is 11.5 Å². The molecule has 0 saturated heterocycles. The third-order valence-corrected chi connectivity index (χ3v) is 5.49. The number of esters is 2. The molecule has 4 aromatic carbocycles. The fraction of sp³-hybridized carbons (Fsp3) is 0.133. The fourth-order valence-electron chi connectivity index (χ4n) is 3.90. The largest absolute Gasteiger partial charge is 0.490 e. The molecule has 0 radical (unpaired) electrons. The highest BCUT2D eigenvalue weighted by molar-refractivity contribution is 6.06. The van der Waals surface area contributed by atoms with Crippen molar-refractivity contribution in [1.29, 1.82) is 0 Å². The molecule has 0 fully saturated rings. The predicted molar refractivity (Wildman–Crippen MR) is 140 cm³/mol. The van der Waals surface area contributed by atoms with Crippen molar-refractivity contribution in [3.63, 3.8) is 0 Å². The smallest absolute Gasteiger partial charge is 0.330 e. The first kappa shape index (κ1) is 24.5. The molecule has 0 unspecified atom stereocenters. The van der Waals surface area contributed by atoms with Crippen LogP contribution in [0.5, 0.6) is 11.5 Å². The number of hydrogen-bond donors (Lipinski definition) is 0. The van der Waals surface area contributed by atoms with Gasteiger partial charge >= 0.3 is 11.9 Å². The molecule has 6 nitrogen and oxygen atoms in total. The van der Waals surface area contributed by atoms with Gasteiger partial charge in [0.2, 0.25) is 0 Å². The van der Waals surface area contributed by atoms with Crippen LogP contribution in [0, 0.1) is 0 Å². The summed E-state index contributed by atoms with van der Waals surface area (Å²) in [4.78, 5) is 22.6. The molecule has 0 amide bonds. The van der Waals surface area contributed by atoms with Crippen molar-refractivity contribution in [1.82, 2.24) is 0 Å². The molecule has 0 saturated carbocycles. The molecular formula is C30H26O6. The summed E-state index contributed by atoms with van der Waals surface area (Å²) in [6, 6.07) is 24.0. The van der Waals surface area contributed by atoms with Gasteiger partial charge in [0.15, 0.2) is 0 Å². The van der Waals surface area contributed by atoms with Gasteiger partial charge in [-0.3, -0.25) is 0 Å². The van der Waals surface area contributed by atoms with E-state index < -0.39 is 11.9 Å². The topological polar surface area (TPSA) is 71.1 Å². The Balaban J connectivity index is 1.69. The minimum atomic E-state index is -0.486. The molecule has 0 atom stereocenters. The summed E-state index contributed by atoms with van der Waals surface area (Å²) in [5, 5.41) is 4.15. The molecule has 182 valence electrons. The van der Waals surface area contributed by atoms with Crippen molar-refractivity contribution in [3.05, 3.63) is 98.1 Å². The van der Waals surface area contributed by atoms with E-state index in [1.165, 1.54) is 0 Å². The van der Waals surface area contributed by atoms with E-state index in [4.69, 9.17) is 18.9 Å². The zero-order valence-corrected chi connectivity index (χ0v) is 19.8. The average molecular weight is 483 g/mol. The number of carbonyl (C=O) groups excluding carboxylic acids is 2. The summed E-state index contributed by atoms with van der Waals surface area (Å²) in [5.74, 6) is 0.343. The minimum absolute atomic E-state index is 0.121. The first-order valence-corrected chi connectivity index (χ1v) is 11.5. The number of hydrogen-bond acceptors (Lipinski definition) is 6. The third-order valence-electron chi connectivity index (χ3n) is 5.49. The maximum absolute atomic E-state index is 11.3. The third kappa shape index (κ3) is 5.91. The average Bonchev–Trinajstić information content (AvgIpc) is 2.92. The van der Waals surface area contributed by atoms with E-state index >= 15 is 0 Å². The Morgan fingerprint density at radius 1 is 0.611 bits per heavy atom. The Hall–Kier alpha value is -4.58. The van der Waals surface area contributed by atoms with Gasteiger partial charge in [0.25, 0.3) is 0 Å². The van der Waals surface area contributed by atoms with Gasteiger partial charge in [-0.2, -0.15) is 0 Å². The summed E-state index contributed by atoms with van der Waals surface area (Å²) in [5.41, 5.74) is 1.96. The van der Waals surface area contributed by atoms with Crippen LogP contribution >= 0.6 is 0 Å². The molecule has 0 aliphatic rings. The zero-order valence-electron chi connectivity index (χ0n) is 19.8. The number of carbonyl (C=O) groups is 2. The Labute approximate surface area is 209 Å². The first-order chi connectivity index (χ1) is 17.6. The Morgan fingerprint density at radius 2 is 1.03 bits per heavy atom. The lowest BCUT2D eigenvalue weighted by Crippen LogP contribution is -2.10. The number of fused-ring (bicyclic) bond motifs is 2. The van der Waals surface area contributed by atoms with E-state index in [1.807, 2.05) is 60.7 Å². The second-order valence-electron chi connectivity index (χ2n) is 7.82. The summed E-state index contributed by atoms with van der Waals surface area (Å²) in [7, 11) is 0. The zero-order chi connectivity index (χ0) is 25.3. The maximum atomic E-state index is 11.3. The molecule has 36 heavy (non-hydrogen) atoms. The SMILES string of the molecule is C=CC(=O)OCCOc1cc(-c2cc(OCCOC(=O)C=C)cc3ccccc23)c2ccccc2c1. The highest BCUT2D eigenvalue weighted by Gasteiger charge is 2.13. The number of rotatable bonds is 11. The van der Waals surface area contributed by atoms with E-state index in [2.05, 4.69) is 25.3 Å². The molecule has 0 aromatic heterocycles. The van der Waals surface area contributed by atoms with Crippen molar-refractivity contribution >= 4 is 33.5 Å². The summed E-state index contributed by atoms with van der Waals surface area (Å²) < 4.78 is 21.9. The van der Waals surface area contributed by atoms with E-state index in [1.54, 1.807) is 0 Å². The van der Waals surface area contributed by atoms with Crippen LogP contribution in [0.3, 0.4) is 0 Å². The van der Waals surface area contributed by atoms with Crippen molar-refractivity contribution in [2.75, 3.05) is 26.4 Å². The summed E-state index contributed by atoms with van der Waals surface area (Å²) in [6.07, 6.45) is 2.25. The van der Waals surface area contributed by atoms with Gasteiger partial charge in [-0.05, 0) is 56.9 Å².